The van der Waals surface area contributed by atoms with Crippen molar-refractivity contribution < 1.29 is 0 Å². The molecule has 0 amide bonds. The lowest BCUT2D eigenvalue weighted by molar-refractivity contribution is 2.13. The van der Waals surface area contributed by atoms with Gasteiger partial charge in [-0.05, 0) is 0 Å². The minimum atomic E-state index is 0. The van der Waals surface area contributed by atoms with Crippen molar-refractivity contribution in [2.75, 3.05) is 0 Å². The maximum atomic E-state index is 0. The summed E-state index contributed by atoms with van der Waals surface area (Å²) in [6, 6.07) is 0. The normalized spacial score (nSPS) is 0. The zero-order valence-corrected chi connectivity index (χ0v) is 5.04. The van der Waals surface area contributed by atoms with E-state index < -0.39 is 0 Å². The van der Waals surface area contributed by atoms with Crippen LogP contribution in [0.25, 0.3) is 0 Å². The standard InChI is InChI=1S/2H3N.H3P.H2S/h3*1H3;1H2. The predicted octanol–water partition coefficient (Wildman–Crippen LogP) is 0.495. The number of hydrogen-bond donors (Lipinski definition) is 2. The van der Waals surface area contributed by atoms with Crippen LogP contribution in [0.5, 0.6) is 0 Å². The second-order valence-electron chi connectivity index (χ2n) is 0. The van der Waals surface area contributed by atoms with Gasteiger partial charge in [0.15, 0.2) is 0 Å². The molecule has 6 N–H and O–H groups in total. The fourth-order valence-corrected chi connectivity index (χ4v) is 0. The Labute approximate surface area is 36.6 Å². The van der Waals surface area contributed by atoms with Gasteiger partial charge in [0, 0.05) is 0 Å². The fourth-order valence-electron chi connectivity index (χ4n) is 0. The zero-order valence-electron chi connectivity index (χ0n) is 2.62. The van der Waals surface area contributed by atoms with Crippen molar-refractivity contribution in [1.82, 2.24) is 12.3 Å². The Morgan fingerprint density at radius 1 is 0.750 bits per heavy atom. The van der Waals surface area contributed by atoms with Crippen molar-refractivity contribution in [2.45, 2.75) is 0 Å². The third-order valence-corrected chi connectivity index (χ3v) is 0. The predicted molar refractivity (Wildman–Crippen MR) is 31.5 cm³/mol. The van der Waals surface area contributed by atoms with Gasteiger partial charge in [0.05, 0.1) is 0 Å². The van der Waals surface area contributed by atoms with E-state index in [0.717, 1.165) is 0 Å². The Bertz CT molecular complexity index is 6.00. The van der Waals surface area contributed by atoms with E-state index in [9.17, 15) is 0 Å². The summed E-state index contributed by atoms with van der Waals surface area (Å²) in [5, 5.41) is 0. The van der Waals surface area contributed by atoms with Crippen molar-refractivity contribution in [2.24, 2.45) is 0 Å². The van der Waals surface area contributed by atoms with E-state index in [1.807, 2.05) is 0 Å². The highest BCUT2D eigenvalue weighted by Gasteiger charge is -0.153. The van der Waals surface area contributed by atoms with Crippen LogP contribution in [0.3, 0.4) is 0 Å². The van der Waals surface area contributed by atoms with Gasteiger partial charge < -0.3 is 12.3 Å². The molecule has 0 saturated heterocycles. The van der Waals surface area contributed by atoms with Crippen LogP contribution in [0, 0.1) is 0 Å². The van der Waals surface area contributed by atoms with E-state index in [1.165, 1.54) is 0 Å². The van der Waals surface area contributed by atoms with Crippen molar-refractivity contribution in [3.63, 3.8) is 0 Å². The van der Waals surface area contributed by atoms with Crippen LogP contribution >= 0.6 is 23.4 Å². The van der Waals surface area contributed by atoms with Gasteiger partial charge >= 0.3 is 0 Å². The van der Waals surface area contributed by atoms with Crippen molar-refractivity contribution in [3.8, 4) is 0 Å². The molecule has 0 fully saturated rings. The molecular formula is H11N2PS. The summed E-state index contributed by atoms with van der Waals surface area (Å²) in [4.78, 5) is 0. The van der Waals surface area contributed by atoms with E-state index in [1.54, 1.807) is 0 Å². The van der Waals surface area contributed by atoms with E-state index in [0.29, 0.717) is 0 Å². The first-order valence-electron chi connectivity index (χ1n) is 0. The molecule has 0 aliphatic heterocycles. The van der Waals surface area contributed by atoms with Crippen molar-refractivity contribution in [1.29, 1.82) is 0 Å². The van der Waals surface area contributed by atoms with Gasteiger partial charge in [0.25, 0.3) is 0 Å². The van der Waals surface area contributed by atoms with Gasteiger partial charge in [-0.1, -0.05) is 0 Å². The molecule has 4 heteroatoms. The number of rotatable bonds is 0. The molecule has 0 rings (SSSR count). The highest BCUT2D eigenvalue weighted by molar-refractivity contribution is 7.59. The molecule has 0 aromatic carbocycles. The van der Waals surface area contributed by atoms with Gasteiger partial charge in [-0.15, -0.1) is 0 Å². The summed E-state index contributed by atoms with van der Waals surface area (Å²) < 4.78 is 0. The highest BCUT2D eigenvalue weighted by Crippen LogP contribution is 0.861. The minimum Gasteiger partial charge on any atom is -0.344 e. The third-order valence-electron chi connectivity index (χ3n) is 0. The topological polar surface area (TPSA) is 70.0 Å². The first-order valence-corrected chi connectivity index (χ1v) is 0. The van der Waals surface area contributed by atoms with E-state index in [4.69, 9.17) is 0 Å². The molecule has 32 valence electrons. The Hall–Kier alpha value is 0.700. The average Bonchev–Trinajstić information content (AvgIpc) is 0. The molecule has 2 nitrogen and oxygen atoms in total. The molecule has 0 aromatic rings. The Balaban J connectivity index is 0. The van der Waals surface area contributed by atoms with Crippen molar-refractivity contribution >= 4 is 23.4 Å². The second kappa shape index (κ2) is 55.0. The van der Waals surface area contributed by atoms with Crippen LogP contribution in [-0.2, 0) is 0 Å². The molecule has 0 aliphatic carbocycles. The third kappa shape index (κ3) is 15.9. The average molecular weight is 102 g/mol. The Morgan fingerprint density at radius 2 is 0.750 bits per heavy atom. The molecule has 0 aromatic heterocycles. The molecule has 0 heterocycles. The summed E-state index contributed by atoms with van der Waals surface area (Å²) in [6.07, 6.45) is 0. The Kier molecular flexibility index (Phi) is 1810. The van der Waals surface area contributed by atoms with E-state index in [2.05, 4.69) is 0 Å². The van der Waals surface area contributed by atoms with Crippen LogP contribution in [-0.4, -0.2) is 0 Å². The van der Waals surface area contributed by atoms with Crippen LogP contribution < -0.4 is 12.3 Å². The fraction of sp³-hybridized carbons (Fsp3) is 0. The molecule has 4 heavy (non-hydrogen) atoms. The van der Waals surface area contributed by atoms with Crippen LogP contribution in [0.15, 0.2) is 0 Å². The van der Waals surface area contributed by atoms with E-state index in [-0.39, 0.29) is 35.7 Å². The van der Waals surface area contributed by atoms with Crippen LogP contribution in [0.4, 0.5) is 0 Å². The lowest BCUT2D eigenvalue weighted by Gasteiger charge is -0.345. The largest absolute Gasteiger partial charge is 0.344 e. The lowest BCUT2D eigenvalue weighted by Crippen LogP contribution is -0.482. The highest BCUT2D eigenvalue weighted by atomic mass is 32.1. The van der Waals surface area contributed by atoms with Crippen LogP contribution in [0.1, 0.15) is 0 Å². The summed E-state index contributed by atoms with van der Waals surface area (Å²) in [6.45, 7) is 0. The maximum absolute atomic E-state index is 0. The molecule has 1 unspecified atom stereocenters. The molecule has 1 atom stereocenters. The summed E-state index contributed by atoms with van der Waals surface area (Å²) in [5.74, 6) is 0. The Morgan fingerprint density at radius 3 is 0.750 bits per heavy atom. The molecule has 0 radical (unpaired) electrons. The van der Waals surface area contributed by atoms with Crippen LogP contribution in [0.2, 0.25) is 0 Å². The van der Waals surface area contributed by atoms with Gasteiger partial charge in [0.2, 0.25) is 0 Å². The molecule has 0 saturated carbocycles. The first kappa shape index (κ1) is 131. The molecule has 0 bridgehead atoms. The molecule has 0 spiro atoms. The zero-order chi connectivity index (χ0) is 0. The minimum absolute atomic E-state index is 0. The summed E-state index contributed by atoms with van der Waals surface area (Å²) >= 11 is 0. The quantitative estimate of drug-likeness (QED) is 0.437. The maximum Gasteiger partial charge on any atom is -0.153 e. The van der Waals surface area contributed by atoms with Crippen molar-refractivity contribution in [3.05, 3.63) is 0 Å². The SMILES string of the molecule is N.N.P.S. The molecule has 0 aliphatic rings. The smallest absolute Gasteiger partial charge is 0.153 e. The van der Waals surface area contributed by atoms with Gasteiger partial charge in [-0.25, -0.2) is 0 Å². The summed E-state index contributed by atoms with van der Waals surface area (Å²) in [5.41, 5.74) is 0. The first-order chi connectivity index (χ1) is 0. The monoisotopic (exact) mass is 102 g/mol. The van der Waals surface area contributed by atoms with Gasteiger partial charge in [0.1, 0.15) is 0 Å². The lowest BCUT2D eigenvalue weighted by atomic mass is 14.0. The molecular weight excluding hydrogens is 91.1 g/mol. The number of hydrogen-bond acceptors (Lipinski definition) is 2. The second-order valence-corrected chi connectivity index (χ2v) is 0. The summed E-state index contributed by atoms with van der Waals surface area (Å²) in [7, 11) is 0. The van der Waals surface area contributed by atoms with Gasteiger partial charge in [-0.2, -0.15) is 23.4 Å². The van der Waals surface area contributed by atoms with Gasteiger partial charge in [-0.3, -0.25) is 0 Å². The van der Waals surface area contributed by atoms with E-state index >= 15 is 0 Å².